The Balaban J connectivity index is 1.81. The van der Waals surface area contributed by atoms with Crippen LogP contribution in [0.4, 0.5) is 0 Å². The van der Waals surface area contributed by atoms with E-state index in [0.717, 1.165) is 13.0 Å². The highest BCUT2D eigenvalue weighted by Gasteiger charge is 2.32. The van der Waals surface area contributed by atoms with E-state index in [1.54, 1.807) is 6.92 Å². The van der Waals surface area contributed by atoms with Crippen molar-refractivity contribution in [3.63, 3.8) is 0 Å². The summed E-state index contributed by atoms with van der Waals surface area (Å²) in [6.07, 6.45) is 5.00. The van der Waals surface area contributed by atoms with E-state index in [1.807, 2.05) is 0 Å². The Kier molecular flexibility index (Phi) is 4.25. The van der Waals surface area contributed by atoms with Gasteiger partial charge in [-0.1, -0.05) is 19.5 Å². The molecular weight excluding hydrogens is 256 g/mol. The molecule has 0 saturated carbocycles. The molecule has 0 aromatic carbocycles. The summed E-state index contributed by atoms with van der Waals surface area (Å²) in [6.45, 7) is 9.33. The second-order valence-corrected chi connectivity index (χ2v) is 11.0. The van der Waals surface area contributed by atoms with Gasteiger partial charge in [0.1, 0.15) is 8.24 Å². The van der Waals surface area contributed by atoms with Gasteiger partial charge in [-0.05, 0) is 38.9 Å². The Bertz CT molecular complexity index is 418. The molecule has 0 radical (unpaired) electrons. The Morgan fingerprint density at radius 3 is 2.53 bits per heavy atom. The summed E-state index contributed by atoms with van der Waals surface area (Å²) in [6, 6.07) is 1.37. The molecule has 2 rings (SSSR count). The lowest BCUT2D eigenvalue weighted by Crippen LogP contribution is -2.52. The maximum Gasteiger partial charge on any atom is 0.256 e. The summed E-state index contributed by atoms with van der Waals surface area (Å²) in [5.74, 6) is -0.252. The Labute approximate surface area is 116 Å². The van der Waals surface area contributed by atoms with Gasteiger partial charge in [-0.2, -0.15) is 0 Å². The molecule has 2 heterocycles. The van der Waals surface area contributed by atoms with Crippen LogP contribution in [-0.4, -0.2) is 49.1 Å². The lowest BCUT2D eigenvalue weighted by molar-refractivity contribution is -0.137. The Morgan fingerprint density at radius 2 is 1.95 bits per heavy atom. The van der Waals surface area contributed by atoms with Crippen molar-refractivity contribution in [3.8, 4) is 0 Å². The van der Waals surface area contributed by atoms with Crippen LogP contribution in [0.2, 0.25) is 19.1 Å². The third-order valence-corrected chi connectivity index (χ3v) is 8.06. The van der Waals surface area contributed by atoms with Crippen molar-refractivity contribution in [2.45, 2.75) is 45.3 Å². The predicted molar refractivity (Wildman–Crippen MR) is 78.2 cm³/mol. The van der Waals surface area contributed by atoms with Gasteiger partial charge in [0, 0.05) is 18.2 Å². The molecule has 5 heteroatoms. The average molecular weight is 280 g/mol. The number of imide groups is 1. The molecule has 2 aliphatic rings. The van der Waals surface area contributed by atoms with Crippen molar-refractivity contribution >= 4 is 20.0 Å². The molecule has 0 aromatic heterocycles. The number of carbonyl (C=O) groups is 2. The van der Waals surface area contributed by atoms with E-state index < -0.39 is 8.24 Å². The molecule has 0 atom stereocenters. The normalized spacial score (nSPS) is 23.9. The summed E-state index contributed by atoms with van der Waals surface area (Å²) in [4.78, 5) is 24.8. The largest absolute Gasteiger partial charge is 0.324 e. The molecule has 0 unspecified atom stereocenters. The number of hydrogen-bond acceptors (Lipinski definition) is 3. The third kappa shape index (κ3) is 3.15. The lowest BCUT2D eigenvalue weighted by Gasteiger charge is -2.41. The third-order valence-electron chi connectivity index (χ3n) is 4.32. The maximum absolute atomic E-state index is 11.8. The van der Waals surface area contributed by atoms with Crippen LogP contribution < -0.4 is 0 Å². The first-order valence-electron chi connectivity index (χ1n) is 7.21. The maximum atomic E-state index is 11.8. The van der Waals surface area contributed by atoms with Gasteiger partial charge in [-0.15, -0.1) is 0 Å². The first-order chi connectivity index (χ1) is 8.92. The van der Waals surface area contributed by atoms with Crippen LogP contribution in [0.25, 0.3) is 0 Å². The van der Waals surface area contributed by atoms with Crippen LogP contribution in [-0.2, 0) is 9.59 Å². The predicted octanol–water partition coefficient (Wildman–Crippen LogP) is 1.99. The van der Waals surface area contributed by atoms with Crippen molar-refractivity contribution in [2.75, 3.05) is 19.6 Å². The van der Waals surface area contributed by atoms with E-state index in [9.17, 15) is 9.59 Å². The van der Waals surface area contributed by atoms with Crippen LogP contribution >= 0.6 is 0 Å². The van der Waals surface area contributed by atoms with E-state index in [-0.39, 0.29) is 11.8 Å². The summed E-state index contributed by atoms with van der Waals surface area (Å²) in [7, 11) is -1.21. The molecule has 0 bridgehead atoms. The average Bonchev–Trinajstić information content (AvgIpc) is 2.57. The number of carbonyl (C=O) groups excluding carboxylic acids is 2. The van der Waals surface area contributed by atoms with Crippen LogP contribution in [0, 0.1) is 0 Å². The Hall–Kier alpha value is -0.943. The molecule has 0 aromatic rings. The zero-order valence-corrected chi connectivity index (χ0v) is 13.2. The van der Waals surface area contributed by atoms with Crippen LogP contribution in [0.5, 0.6) is 0 Å². The van der Waals surface area contributed by atoms with E-state index in [1.165, 1.54) is 36.4 Å². The fourth-order valence-corrected chi connectivity index (χ4v) is 5.96. The van der Waals surface area contributed by atoms with Gasteiger partial charge in [0.15, 0.2) is 0 Å². The van der Waals surface area contributed by atoms with Gasteiger partial charge in [0.25, 0.3) is 11.8 Å². The van der Waals surface area contributed by atoms with E-state index in [4.69, 9.17) is 0 Å². The molecule has 4 nitrogen and oxygen atoms in total. The van der Waals surface area contributed by atoms with E-state index in [0.29, 0.717) is 12.1 Å². The summed E-state index contributed by atoms with van der Waals surface area (Å²) >= 11 is 0. The van der Waals surface area contributed by atoms with Crippen LogP contribution in [0.3, 0.4) is 0 Å². The molecular formula is C14H24N2O2Si. The number of rotatable bonds is 4. The van der Waals surface area contributed by atoms with E-state index in [2.05, 4.69) is 17.7 Å². The first-order valence-corrected chi connectivity index (χ1v) is 10.4. The van der Waals surface area contributed by atoms with Gasteiger partial charge >= 0.3 is 0 Å². The van der Waals surface area contributed by atoms with Crippen LogP contribution in [0.1, 0.15) is 26.2 Å². The summed E-state index contributed by atoms with van der Waals surface area (Å²) in [5.41, 5.74) is 0.567. The Morgan fingerprint density at radius 1 is 1.21 bits per heavy atom. The topological polar surface area (TPSA) is 40.6 Å². The highest BCUT2D eigenvalue weighted by molar-refractivity contribution is 6.74. The number of nitrogens with zero attached hydrogens (tertiary/aromatic N) is 2. The second kappa shape index (κ2) is 5.59. The van der Waals surface area contributed by atoms with Gasteiger partial charge in [0.05, 0.1) is 0 Å². The van der Waals surface area contributed by atoms with Gasteiger partial charge in [-0.25, -0.2) is 0 Å². The van der Waals surface area contributed by atoms with Crippen molar-refractivity contribution in [1.82, 2.24) is 9.47 Å². The second-order valence-electron chi connectivity index (χ2n) is 6.23. The molecule has 0 spiro atoms. The summed E-state index contributed by atoms with van der Waals surface area (Å²) in [5, 5.41) is 0. The SMILES string of the molecule is CC1=CC(=O)N(CCCN2CCCC[Si]2(C)C)C1=O. The van der Waals surface area contributed by atoms with E-state index >= 15 is 0 Å². The smallest absolute Gasteiger partial charge is 0.256 e. The molecule has 19 heavy (non-hydrogen) atoms. The van der Waals surface area contributed by atoms with Crippen molar-refractivity contribution < 1.29 is 9.59 Å². The number of hydrogen-bond donors (Lipinski definition) is 0. The molecule has 2 aliphatic heterocycles. The monoisotopic (exact) mass is 280 g/mol. The zero-order valence-electron chi connectivity index (χ0n) is 12.2. The van der Waals surface area contributed by atoms with Gasteiger partial charge in [0.2, 0.25) is 0 Å². The quantitative estimate of drug-likeness (QED) is 0.584. The van der Waals surface area contributed by atoms with Gasteiger partial charge in [-0.3, -0.25) is 14.5 Å². The van der Waals surface area contributed by atoms with Crippen molar-refractivity contribution in [3.05, 3.63) is 11.6 Å². The molecule has 1 fully saturated rings. The molecule has 2 amide bonds. The fourth-order valence-electron chi connectivity index (χ4n) is 3.00. The molecule has 0 N–H and O–H groups in total. The van der Waals surface area contributed by atoms with Gasteiger partial charge < -0.3 is 4.57 Å². The zero-order chi connectivity index (χ0) is 14.0. The molecule has 0 aliphatic carbocycles. The summed E-state index contributed by atoms with van der Waals surface area (Å²) < 4.78 is 2.63. The lowest BCUT2D eigenvalue weighted by atomic mass is 10.3. The van der Waals surface area contributed by atoms with Crippen LogP contribution in [0.15, 0.2) is 11.6 Å². The first kappa shape index (κ1) is 14.5. The minimum absolute atomic E-state index is 0.111. The highest BCUT2D eigenvalue weighted by Crippen LogP contribution is 2.24. The van der Waals surface area contributed by atoms with Crippen molar-refractivity contribution in [1.29, 1.82) is 0 Å². The van der Waals surface area contributed by atoms with Crippen molar-refractivity contribution in [2.24, 2.45) is 0 Å². The fraction of sp³-hybridized carbons (Fsp3) is 0.714. The highest BCUT2D eigenvalue weighted by atomic mass is 28.3. The minimum atomic E-state index is -1.21. The molecule has 106 valence electrons. The minimum Gasteiger partial charge on any atom is -0.324 e. The molecule has 1 saturated heterocycles. The number of amides is 2. The standard InChI is InChI=1S/C14H24N2O2Si/c1-12-11-13(17)16(14(12)18)9-6-8-15-7-4-5-10-19(15,2)3/h11H,4-10H2,1-3H3.